The molecule has 8 heteroatoms. The molecule has 2 unspecified atom stereocenters. The van der Waals surface area contributed by atoms with E-state index >= 15 is 0 Å². The van der Waals surface area contributed by atoms with Crippen molar-refractivity contribution < 1.29 is 4.21 Å². The van der Waals surface area contributed by atoms with Gasteiger partial charge in [-0.2, -0.15) is 0 Å². The van der Waals surface area contributed by atoms with Crippen molar-refractivity contribution in [3.05, 3.63) is 118 Å². The van der Waals surface area contributed by atoms with Gasteiger partial charge in [-0.25, -0.2) is 0 Å². The molecule has 0 spiro atoms. The van der Waals surface area contributed by atoms with E-state index in [4.69, 9.17) is 0 Å². The van der Waals surface area contributed by atoms with E-state index in [0.29, 0.717) is 0 Å². The van der Waals surface area contributed by atoms with Crippen LogP contribution in [0.3, 0.4) is 0 Å². The number of halogens is 4. The number of quaternary nitrogens is 2. The van der Waals surface area contributed by atoms with Crippen LogP contribution in [0.15, 0.2) is 96.1 Å². The van der Waals surface area contributed by atoms with Gasteiger partial charge in [0, 0.05) is 0 Å². The Balaban J connectivity index is 1.63. The van der Waals surface area contributed by atoms with Crippen molar-refractivity contribution in [2.45, 2.75) is 72.7 Å². The number of nitrogens with zero attached hydrogens (tertiary/aromatic N) is 2. The molecule has 54 heavy (non-hydrogen) atoms. The molecule has 289 valence electrons. The van der Waals surface area contributed by atoms with Crippen molar-refractivity contribution in [3.8, 4) is 22.3 Å². The van der Waals surface area contributed by atoms with Crippen molar-refractivity contribution in [1.29, 1.82) is 0 Å². The average Bonchev–Trinajstić information content (AvgIpc) is 3.69. The van der Waals surface area contributed by atoms with Crippen molar-refractivity contribution >= 4 is 82.6 Å². The van der Waals surface area contributed by atoms with E-state index in [-0.39, 0.29) is 7.25 Å². The van der Waals surface area contributed by atoms with E-state index in [2.05, 4.69) is 202 Å². The number of benzene rings is 4. The molecule has 2 nitrogen and oxygen atoms in total. The van der Waals surface area contributed by atoms with E-state index < -0.39 is 10.1 Å². The summed E-state index contributed by atoms with van der Waals surface area (Å²) in [4.78, 5) is 0. The molecule has 2 aliphatic carbocycles. The Labute approximate surface area is 347 Å². The predicted molar refractivity (Wildman–Crippen MR) is 262 cm³/mol. The number of fused-ring (bicyclic) bond motifs is 2. The number of hydrogen-bond acceptors (Lipinski definition) is 0. The van der Waals surface area contributed by atoms with E-state index in [1.807, 2.05) is 0 Å². The van der Waals surface area contributed by atoms with Crippen molar-refractivity contribution in [1.82, 2.24) is 8.97 Å². The van der Waals surface area contributed by atoms with Crippen molar-refractivity contribution in [3.63, 3.8) is 0 Å². The molecule has 0 saturated heterocycles. The molecule has 0 aromatic heterocycles. The zero-order valence-electron chi connectivity index (χ0n) is 34.1. The van der Waals surface area contributed by atoms with Crippen LogP contribution in [0.1, 0.15) is 81.9 Å². The topological polar surface area (TPSA) is 0 Å². The van der Waals surface area contributed by atoms with Crippen LogP contribution in [0.25, 0.3) is 34.4 Å². The van der Waals surface area contributed by atoms with Gasteiger partial charge in [-0.1, -0.05) is 0 Å². The molecule has 0 saturated carbocycles. The molecule has 4 aromatic carbocycles. The zero-order valence-corrected chi connectivity index (χ0v) is 43.6. The molecule has 0 aliphatic heterocycles. The fourth-order valence-electron chi connectivity index (χ4n) is 9.45. The SMILES string of the molecule is CCCCC1=Cc2c(-c3ccc([N+](C)(C)C)cc3)cccc2[CH]1[Zr]([Cl])([Cl])([I])([I])([CH]1C(CCCC)=Cc2c(-c3ccc([N+](C)(C)C)cc3)cccc21)[SiH](C)C. The van der Waals surface area contributed by atoms with Crippen LogP contribution >= 0.6 is 53.1 Å². The molecule has 0 fully saturated rings. The molecule has 0 radical (unpaired) electrons. The summed E-state index contributed by atoms with van der Waals surface area (Å²) in [6, 6.07) is 32.2. The van der Waals surface area contributed by atoms with Crippen LogP contribution in [0.5, 0.6) is 0 Å². The van der Waals surface area contributed by atoms with Gasteiger partial charge in [0.1, 0.15) is 0 Å². The third kappa shape index (κ3) is 7.13. The molecular formula is C46H61Cl2I2N2SiZr+2. The Morgan fingerprint density at radius 3 is 1.22 bits per heavy atom. The van der Waals surface area contributed by atoms with Crippen LogP contribution in [0.2, 0.25) is 13.1 Å². The average molecular weight is 1090 g/mol. The summed E-state index contributed by atoms with van der Waals surface area (Å²) in [5.41, 5.74) is 15.8. The van der Waals surface area contributed by atoms with Crippen LogP contribution in [0.4, 0.5) is 11.4 Å². The summed E-state index contributed by atoms with van der Waals surface area (Å²) in [5, 5.41) is 0. The normalized spacial score (nSPS) is 19.4. The Kier molecular flexibility index (Phi) is 11.2. The summed E-state index contributed by atoms with van der Waals surface area (Å²) in [5.74, 6) is -1.94. The Hall–Kier alpha value is -0.580. The third-order valence-corrected chi connectivity index (χ3v) is 133. The van der Waals surface area contributed by atoms with Gasteiger partial charge in [-0.3, -0.25) is 0 Å². The van der Waals surface area contributed by atoms with Crippen LogP contribution < -0.4 is 8.97 Å². The Bertz CT molecular complexity index is 2020. The van der Waals surface area contributed by atoms with E-state index in [9.17, 15) is 17.0 Å². The van der Waals surface area contributed by atoms with Gasteiger partial charge in [0.05, 0.1) is 0 Å². The molecule has 0 heterocycles. The summed E-state index contributed by atoms with van der Waals surface area (Å²) in [7, 11) is 31.9. The van der Waals surface area contributed by atoms with Gasteiger partial charge in [0.25, 0.3) is 0 Å². The number of unbranched alkanes of at least 4 members (excludes halogenated alkanes) is 2. The first-order valence-electron chi connectivity index (χ1n) is 20.0. The second-order valence-electron chi connectivity index (χ2n) is 18.6. The summed E-state index contributed by atoms with van der Waals surface area (Å²) < 4.78 is -4.73. The van der Waals surface area contributed by atoms with Gasteiger partial charge in [-0.05, 0) is 0 Å². The molecule has 2 atom stereocenters. The van der Waals surface area contributed by atoms with Crippen LogP contribution in [-0.2, 0) is 4.21 Å². The quantitative estimate of drug-likeness (QED) is 0.0711. The van der Waals surface area contributed by atoms with E-state index in [1.165, 1.54) is 67.0 Å². The van der Waals surface area contributed by atoms with E-state index in [0.717, 1.165) is 47.5 Å². The van der Waals surface area contributed by atoms with Gasteiger partial charge in [0.2, 0.25) is 0 Å². The molecule has 0 bridgehead atoms. The standard InChI is InChI=1S/2C22H27N.C2H7Si.2ClH.2HI.Zr/c2*1-5-6-8-17-15-19-9-7-10-21(22(19)16-17)18-11-13-20(14-12-18)23(2,3)4;1-3-2;;;;;/h2*7,9-16H,5-6,8H2,1-4H3;3H,1-2H3;4*1H;/q2*+1;;;;;;+4/p-4. The minimum atomic E-state index is -6.22. The molecular weight excluding hydrogens is 1020 g/mol. The second kappa shape index (κ2) is 14.0. The van der Waals surface area contributed by atoms with Gasteiger partial charge in [0.15, 0.2) is 0 Å². The Morgan fingerprint density at radius 1 is 0.574 bits per heavy atom. The molecule has 2 aliphatic rings. The van der Waals surface area contributed by atoms with Crippen LogP contribution in [0, 0.1) is 0 Å². The molecule has 0 N–H and O–H groups in total. The number of rotatable bonds is 13. The van der Waals surface area contributed by atoms with Gasteiger partial charge in [-0.15, -0.1) is 0 Å². The van der Waals surface area contributed by atoms with E-state index in [1.54, 1.807) is 0 Å². The third-order valence-electron chi connectivity index (χ3n) is 12.9. The second-order valence-corrected chi connectivity index (χ2v) is 156. The summed E-state index contributed by atoms with van der Waals surface area (Å²) in [6.45, 7) is 9.56. The fourth-order valence-corrected chi connectivity index (χ4v) is 60.9. The first-order valence-corrected chi connectivity index (χ1v) is 50.9. The van der Waals surface area contributed by atoms with Crippen molar-refractivity contribution in [2.24, 2.45) is 0 Å². The molecule has 6 rings (SSSR count). The first-order chi connectivity index (χ1) is 25.0. The van der Waals surface area contributed by atoms with Gasteiger partial charge >= 0.3 is 351 Å². The maximum absolute atomic E-state index is 9.30. The molecule has 4 aromatic rings. The summed E-state index contributed by atoms with van der Waals surface area (Å²) >= 11 is 5.73. The Morgan fingerprint density at radius 2 is 0.926 bits per heavy atom. The number of allylic oxidation sites excluding steroid dienone is 2. The van der Waals surface area contributed by atoms with Crippen LogP contribution in [-0.4, -0.2) is 48.2 Å². The first kappa shape index (κ1) is 43.0. The van der Waals surface area contributed by atoms with Crippen molar-refractivity contribution in [2.75, 3.05) is 42.3 Å². The zero-order chi connectivity index (χ0) is 39.6. The monoisotopic (exact) mass is 1080 g/mol. The molecule has 0 amide bonds. The maximum atomic E-state index is 9.30. The summed E-state index contributed by atoms with van der Waals surface area (Å²) in [6.07, 6.45) is 11.6. The minimum absolute atomic E-state index is 0.0431. The number of hydrogen-bond donors (Lipinski definition) is 0. The predicted octanol–water partition coefficient (Wildman–Crippen LogP) is 15.1. The fraction of sp³-hybridized carbons (Fsp3) is 0.391. The van der Waals surface area contributed by atoms with Gasteiger partial charge < -0.3 is 0 Å².